The molecule has 0 unspecified atom stereocenters. The van der Waals surface area contributed by atoms with Crippen LogP contribution in [0.15, 0.2) is 121 Å². The van der Waals surface area contributed by atoms with Crippen LogP contribution in [0.25, 0.3) is 43.8 Å². The molecule has 6 aromatic rings. The zero-order valence-electron chi connectivity index (χ0n) is 21.5. The second-order valence-electron chi connectivity index (χ2n) is 8.48. The summed E-state index contributed by atoms with van der Waals surface area (Å²) in [6, 6.07) is 43.2. The van der Waals surface area contributed by atoms with Crippen LogP contribution in [-0.4, -0.2) is 7.63 Å². The van der Waals surface area contributed by atoms with Crippen molar-refractivity contribution in [3.63, 3.8) is 0 Å². The monoisotopic (exact) mass is 516 g/mol. The van der Waals surface area contributed by atoms with E-state index in [0.29, 0.717) is 0 Å². The molecule has 0 aromatic heterocycles. The Labute approximate surface area is 230 Å². The Morgan fingerprint density at radius 3 is 1.19 bits per heavy atom. The quantitative estimate of drug-likeness (QED) is 0.159. The Morgan fingerprint density at radius 2 is 0.833 bits per heavy atom. The fourth-order valence-electron chi connectivity index (χ4n) is 4.35. The van der Waals surface area contributed by atoms with Gasteiger partial charge in [0.15, 0.2) is 0 Å². The summed E-state index contributed by atoms with van der Waals surface area (Å²) in [4.78, 5) is 0. The summed E-state index contributed by atoms with van der Waals surface area (Å²) < 4.78 is 0. The molecule has 180 valence electrons. The molecule has 0 atom stereocenters. The van der Waals surface area contributed by atoms with Crippen LogP contribution in [-0.2, 0) is 19.2 Å². The van der Waals surface area contributed by atoms with E-state index in [9.17, 15) is 0 Å². The first kappa shape index (κ1) is 29.3. The fraction of sp³-hybridized carbons (Fsp3) is 0.0588. The van der Waals surface area contributed by atoms with Gasteiger partial charge in [-0.3, -0.25) is 0 Å². The van der Waals surface area contributed by atoms with Crippen LogP contribution in [0.2, 0.25) is 0 Å². The van der Waals surface area contributed by atoms with E-state index in [1.807, 2.05) is 0 Å². The van der Waals surface area contributed by atoms with E-state index in [0.717, 1.165) is 0 Å². The molecule has 0 aliphatic heterocycles. The molecule has 0 N–H and O–H groups in total. The molecule has 0 nitrogen and oxygen atoms in total. The van der Waals surface area contributed by atoms with Crippen molar-refractivity contribution >= 4 is 29.2 Å². The molecule has 0 bridgehead atoms. The summed E-state index contributed by atoms with van der Waals surface area (Å²) in [6.45, 7) is 4.28. The Morgan fingerprint density at radius 1 is 0.472 bits per heavy atom. The predicted molar refractivity (Wildman–Crippen MR) is 158 cm³/mol. The van der Waals surface area contributed by atoms with E-state index in [-0.39, 0.29) is 14.9 Å². The maximum atomic E-state index is 2.97. The number of hydrogen-bond donors (Lipinski definition) is 0. The molecule has 0 heterocycles. The standard InChI is InChI=1S/2C16H13.2CH3.Si.Ti/c2*1-12-9-14-7-8-15(11-16(14)10-12)13-5-3-2-4-6-13;;;;/h2*2-11H,1H3;2*1H3;;/q4*-1;;. The number of benzene rings is 4. The second-order valence-corrected chi connectivity index (χ2v) is 8.48. The van der Waals surface area contributed by atoms with Crippen LogP contribution < -0.4 is 0 Å². The van der Waals surface area contributed by atoms with E-state index < -0.39 is 0 Å². The maximum absolute atomic E-state index is 2.97. The minimum atomic E-state index is 0. The molecule has 6 aromatic carbocycles. The molecule has 0 aliphatic rings. The van der Waals surface area contributed by atoms with Crippen molar-refractivity contribution in [1.29, 1.82) is 0 Å². The summed E-state index contributed by atoms with van der Waals surface area (Å²) in [7, 11) is 2.97. The van der Waals surface area contributed by atoms with Crippen LogP contribution in [0.4, 0.5) is 0 Å². The summed E-state index contributed by atoms with van der Waals surface area (Å²) in [5.41, 5.74) is 7.81. The number of hydrogen-bond acceptors (Lipinski definition) is 0. The Balaban J connectivity index is 0.000000226. The SMILES string of the molecule is Cc1cc2cc(-c3ccccc3)ccc2[cH-]1.Cc1cc2cc(-c3ccccc3)ccc2[cH-]1.[CH3-].[CH3-].[Si]=[Ti]. The first-order valence-corrected chi connectivity index (χ1v) is 14.2. The third-order valence-corrected chi connectivity index (χ3v) is 5.92. The molecule has 2 heteroatoms. The van der Waals surface area contributed by atoms with Gasteiger partial charge in [-0.15, -0.1) is 56.9 Å². The van der Waals surface area contributed by atoms with Crippen molar-refractivity contribution in [1.82, 2.24) is 0 Å². The molecule has 0 amide bonds. The first-order chi connectivity index (χ1) is 16.7. The third-order valence-electron chi connectivity index (χ3n) is 5.92. The molecule has 0 fully saturated rings. The van der Waals surface area contributed by atoms with Crippen molar-refractivity contribution in [2.45, 2.75) is 13.8 Å². The topological polar surface area (TPSA) is 0 Å². The van der Waals surface area contributed by atoms with Crippen LogP contribution in [0.3, 0.4) is 0 Å². The normalized spacial score (nSPS) is 9.69. The second kappa shape index (κ2) is 13.9. The number of rotatable bonds is 2. The molecular formula is C34H32SiTi-4. The van der Waals surface area contributed by atoms with Crippen molar-refractivity contribution < 1.29 is 19.2 Å². The summed E-state index contributed by atoms with van der Waals surface area (Å²) >= 11 is 1.81. The van der Waals surface area contributed by atoms with Crippen LogP contribution >= 0.6 is 0 Å². The first-order valence-electron chi connectivity index (χ1n) is 11.4. The van der Waals surface area contributed by atoms with Gasteiger partial charge in [0, 0.05) is 0 Å². The van der Waals surface area contributed by atoms with Gasteiger partial charge in [-0.2, -0.15) is 12.1 Å². The molecule has 0 saturated heterocycles. The van der Waals surface area contributed by atoms with E-state index in [4.69, 9.17) is 0 Å². The number of fused-ring (bicyclic) bond motifs is 2. The zero-order valence-corrected chi connectivity index (χ0v) is 24.1. The van der Waals surface area contributed by atoms with Crippen molar-refractivity contribution in [2.75, 3.05) is 0 Å². The van der Waals surface area contributed by atoms with Gasteiger partial charge >= 0.3 is 26.8 Å². The molecular weight excluding hydrogens is 484 g/mol. The average Bonchev–Trinajstić information content (AvgIpc) is 3.46. The Kier molecular flexibility index (Phi) is 11.3. The summed E-state index contributed by atoms with van der Waals surface area (Å²) in [6.07, 6.45) is 0. The Hall–Kier alpha value is -2.97. The summed E-state index contributed by atoms with van der Waals surface area (Å²) in [5, 5.41) is 5.33. The van der Waals surface area contributed by atoms with Gasteiger partial charge < -0.3 is 14.9 Å². The van der Waals surface area contributed by atoms with Gasteiger partial charge in [0.1, 0.15) is 0 Å². The van der Waals surface area contributed by atoms with Crippen molar-refractivity contribution in [2.24, 2.45) is 0 Å². The molecule has 0 spiro atoms. The molecule has 0 aliphatic carbocycles. The number of aryl methyl sites for hydroxylation is 2. The summed E-state index contributed by atoms with van der Waals surface area (Å²) in [5.74, 6) is 0. The van der Waals surface area contributed by atoms with Crippen LogP contribution in [0.1, 0.15) is 11.1 Å². The Bertz CT molecular complexity index is 1370. The van der Waals surface area contributed by atoms with Gasteiger partial charge in [0.25, 0.3) is 0 Å². The zero-order chi connectivity index (χ0) is 23.9. The van der Waals surface area contributed by atoms with Crippen LogP contribution in [0, 0.1) is 28.7 Å². The van der Waals surface area contributed by atoms with Gasteiger partial charge in [0.2, 0.25) is 0 Å². The molecule has 6 rings (SSSR count). The third kappa shape index (κ3) is 7.04. The van der Waals surface area contributed by atoms with Gasteiger partial charge in [-0.05, 0) is 22.3 Å². The average molecular weight is 517 g/mol. The van der Waals surface area contributed by atoms with E-state index in [1.54, 1.807) is 19.2 Å². The van der Waals surface area contributed by atoms with Crippen molar-refractivity contribution in [3.05, 3.63) is 147 Å². The van der Waals surface area contributed by atoms with Gasteiger partial charge in [0.05, 0.1) is 0 Å². The molecule has 0 saturated carbocycles. The van der Waals surface area contributed by atoms with Gasteiger partial charge in [-0.25, -0.2) is 0 Å². The molecule has 2 radical (unpaired) electrons. The van der Waals surface area contributed by atoms with E-state index in [2.05, 4.69) is 143 Å². The van der Waals surface area contributed by atoms with E-state index >= 15 is 0 Å². The minimum absolute atomic E-state index is 0. The van der Waals surface area contributed by atoms with Crippen molar-refractivity contribution in [3.8, 4) is 22.3 Å². The van der Waals surface area contributed by atoms with Crippen LogP contribution in [0.5, 0.6) is 0 Å². The van der Waals surface area contributed by atoms with E-state index in [1.165, 1.54) is 54.9 Å². The predicted octanol–water partition coefficient (Wildman–Crippen LogP) is 9.59. The van der Waals surface area contributed by atoms with Gasteiger partial charge in [-0.1, -0.05) is 98.8 Å². The fourth-order valence-corrected chi connectivity index (χ4v) is 4.35. The molecule has 36 heavy (non-hydrogen) atoms.